The molecule has 2 rings (SSSR count). The fourth-order valence-corrected chi connectivity index (χ4v) is 2.54. The second kappa shape index (κ2) is 6.47. The monoisotopic (exact) mass is 323 g/mol. The standard InChI is InChI=1S/C13H10ClN3O3S/c1-8-2-4-10(11(14)6-8)13(18)16-15-7-9-3-5-12(21-9)17(19)20/h2-7H,1H3,(H,16,18). The molecule has 6 nitrogen and oxygen atoms in total. The maximum Gasteiger partial charge on any atom is 0.324 e. The molecule has 1 aromatic carbocycles. The third-order valence-electron chi connectivity index (χ3n) is 2.52. The molecule has 0 aliphatic heterocycles. The summed E-state index contributed by atoms with van der Waals surface area (Å²) >= 11 is 6.94. The van der Waals surface area contributed by atoms with Gasteiger partial charge >= 0.3 is 5.00 Å². The molecule has 1 N–H and O–H groups in total. The number of aryl methyl sites for hydroxylation is 1. The first-order valence-corrected chi connectivity index (χ1v) is 7.00. The number of benzene rings is 1. The SMILES string of the molecule is Cc1ccc(C(=O)NN=Cc2ccc([N+](=O)[O-])s2)c(Cl)c1. The summed E-state index contributed by atoms with van der Waals surface area (Å²) < 4.78 is 0. The van der Waals surface area contributed by atoms with E-state index in [1.807, 2.05) is 6.92 Å². The van der Waals surface area contributed by atoms with Crippen LogP contribution in [-0.2, 0) is 0 Å². The van der Waals surface area contributed by atoms with Crippen molar-refractivity contribution in [3.63, 3.8) is 0 Å². The maximum atomic E-state index is 11.9. The smallest absolute Gasteiger partial charge is 0.267 e. The summed E-state index contributed by atoms with van der Waals surface area (Å²) in [4.78, 5) is 22.5. The molecule has 8 heteroatoms. The molecule has 1 aromatic heterocycles. The maximum absolute atomic E-state index is 11.9. The Labute approximate surface area is 129 Å². The highest BCUT2D eigenvalue weighted by atomic mass is 35.5. The molecule has 108 valence electrons. The van der Waals surface area contributed by atoms with Gasteiger partial charge in [0, 0.05) is 6.07 Å². The summed E-state index contributed by atoms with van der Waals surface area (Å²) in [5, 5.41) is 14.7. The minimum atomic E-state index is -0.480. The number of nitrogens with one attached hydrogen (secondary N) is 1. The average molecular weight is 324 g/mol. The van der Waals surface area contributed by atoms with Crippen molar-refractivity contribution in [2.75, 3.05) is 0 Å². The van der Waals surface area contributed by atoms with Gasteiger partial charge in [-0.25, -0.2) is 5.43 Å². The van der Waals surface area contributed by atoms with Gasteiger partial charge in [0.1, 0.15) is 0 Å². The minimum Gasteiger partial charge on any atom is -0.267 e. The second-order valence-corrected chi connectivity index (χ2v) is 5.62. The number of nitro groups is 1. The lowest BCUT2D eigenvalue weighted by Crippen LogP contribution is -2.17. The summed E-state index contributed by atoms with van der Waals surface area (Å²) in [5.41, 5.74) is 3.60. The van der Waals surface area contributed by atoms with Crippen molar-refractivity contribution < 1.29 is 9.72 Å². The predicted molar refractivity (Wildman–Crippen MR) is 82.2 cm³/mol. The van der Waals surface area contributed by atoms with Crippen molar-refractivity contribution in [3.05, 3.63) is 61.5 Å². The zero-order valence-corrected chi connectivity index (χ0v) is 12.4. The molecule has 0 unspecified atom stereocenters. The lowest BCUT2D eigenvalue weighted by Gasteiger charge is -2.03. The van der Waals surface area contributed by atoms with Crippen LogP contribution in [0.3, 0.4) is 0 Å². The van der Waals surface area contributed by atoms with Gasteiger partial charge in [0.15, 0.2) is 0 Å². The van der Waals surface area contributed by atoms with E-state index >= 15 is 0 Å². The van der Waals surface area contributed by atoms with Crippen LogP contribution >= 0.6 is 22.9 Å². The quantitative estimate of drug-likeness (QED) is 0.531. The Balaban J connectivity index is 2.03. The van der Waals surface area contributed by atoms with Crippen molar-refractivity contribution in [2.45, 2.75) is 6.92 Å². The van der Waals surface area contributed by atoms with Crippen LogP contribution in [0.4, 0.5) is 5.00 Å². The number of hydrogen-bond donors (Lipinski definition) is 1. The third-order valence-corrected chi connectivity index (χ3v) is 3.80. The predicted octanol–water partition coefficient (Wildman–Crippen LogP) is 3.38. The molecule has 1 amide bonds. The molecule has 21 heavy (non-hydrogen) atoms. The number of amides is 1. The van der Waals surface area contributed by atoms with Gasteiger partial charge in [-0.05, 0) is 30.7 Å². The zero-order chi connectivity index (χ0) is 15.4. The number of rotatable bonds is 4. The van der Waals surface area contributed by atoms with E-state index in [9.17, 15) is 14.9 Å². The van der Waals surface area contributed by atoms with Crippen LogP contribution in [0.15, 0.2) is 35.4 Å². The summed E-state index contributed by atoms with van der Waals surface area (Å²) in [7, 11) is 0. The number of carbonyl (C=O) groups excluding carboxylic acids is 1. The number of hydrazone groups is 1. The normalized spacial score (nSPS) is 10.8. The molecule has 0 bridgehead atoms. The lowest BCUT2D eigenvalue weighted by molar-refractivity contribution is -0.380. The molecule has 0 spiro atoms. The molecule has 0 radical (unpaired) electrons. The van der Waals surface area contributed by atoms with Crippen LogP contribution in [0, 0.1) is 17.0 Å². The molecular weight excluding hydrogens is 314 g/mol. The summed E-state index contributed by atoms with van der Waals surface area (Å²) in [6.45, 7) is 1.87. The number of carbonyl (C=O) groups is 1. The number of halogens is 1. The van der Waals surface area contributed by atoms with E-state index in [1.54, 1.807) is 24.3 Å². The number of hydrogen-bond acceptors (Lipinski definition) is 5. The molecule has 0 saturated heterocycles. The number of nitrogens with zero attached hydrogens (tertiary/aromatic N) is 2. The van der Waals surface area contributed by atoms with E-state index < -0.39 is 10.8 Å². The van der Waals surface area contributed by atoms with Crippen molar-refractivity contribution in [2.24, 2.45) is 5.10 Å². The molecule has 0 saturated carbocycles. The highest BCUT2D eigenvalue weighted by Crippen LogP contribution is 2.22. The van der Waals surface area contributed by atoms with Crippen molar-refractivity contribution in [3.8, 4) is 0 Å². The summed E-state index contributed by atoms with van der Waals surface area (Å²) in [5.74, 6) is -0.442. The molecule has 0 atom stereocenters. The first kappa shape index (κ1) is 15.1. The molecule has 0 aliphatic rings. The van der Waals surface area contributed by atoms with Crippen LogP contribution < -0.4 is 5.43 Å². The highest BCUT2D eigenvalue weighted by molar-refractivity contribution is 7.16. The molecule has 0 fully saturated rings. The van der Waals surface area contributed by atoms with E-state index in [-0.39, 0.29) is 5.00 Å². The largest absolute Gasteiger partial charge is 0.324 e. The zero-order valence-electron chi connectivity index (χ0n) is 10.9. The number of thiophene rings is 1. The van der Waals surface area contributed by atoms with Crippen LogP contribution in [0.1, 0.15) is 20.8 Å². The molecule has 1 heterocycles. The summed E-state index contributed by atoms with van der Waals surface area (Å²) in [6.07, 6.45) is 1.34. The molecule has 2 aromatic rings. The molecule has 0 aliphatic carbocycles. The second-order valence-electron chi connectivity index (χ2n) is 4.12. The Morgan fingerprint density at radius 3 is 2.81 bits per heavy atom. The first-order chi connectivity index (χ1) is 9.97. The van der Waals surface area contributed by atoms with Crippen molar-refractivity contribution in [1.29, 1.82) is 0 Å². The minimum absolute atomic E-state index is 0.0179. The Morgan fingerprint density at radius 1 is 1.43 bits per heavy atom. The van der Waals surface area contributed by atoms with E-state index in [0.29, 0.717) is 15.5 Å². The van der Waals surface area contributed by atoms with Gasteiger partial charge in [-0.1, -0.05) is 29.0 Å². The third kappa shape index (κ3) is 3.87. The molecular formula is C13H10ClN3O3S. The Hall–Kier alpha value is -2.25. The highest BCUT2D eigenvalue weighted by Gasteiger charge is 2.10. The average Bonchev–Trinajstić information content (AvgIpc) is 2.87. The van der Waals surface area contributed by atoms with Crippen LogP contribution in [0.5, 0.6) is 0 Å². The topological polar surface area (TPSA) is 84.6 Å². The van der Waals surface area contributed by atoms with Gasteiger partial charge in [0.25, 0.3) is 5.91 Å². The Kier molecular flexibility index (Phi) is 4.66. The van der Waals surface area contributed by atoms with E-state index in [0.717, 1.165) is 16.9 Å². The van der Waals surface area contributed by atoms with Crippen molar-refractivity contribution in [1.82, 2.24) is 5.43 Å². The Bertz CT molecular complexity index is 727. The van der Waals surface area contributed by atoms with Gasteiger partial charge in [-0.3, -0.25) is 14.9 Å². The van der Waals surface area contributed by atoms with Gasteiger partial charge in [-0.15, -0.1) is 0 Å². The van der Waals surface area contributed by atoms with Gasteiger partial charge in [0.05, 0.1) is 26.6 Å². The van der Waals surface area contributed by atoms with E-state index in [2.05, 4.69) is 10.5 Å². The van der Waals surface area contributed by atoms with Crippen LogP contribution in [0.25, 0.3) is 0 Å². The van der Waals surface area contributed by atoms with Gasteiger partial charge in [0.2, 0.25) is 0 Å². The fraction of sp³-hybridized carbons (Fsp3) is 0.0769. The summed E-state index contributed by atoms with van der Waals surface area (Å²) in [6, 6.07) is 8.00. The Morgan fingerprint density at radius 2 is 2.19 bits per heavy atom. The van der Waals surface area contributed by atoms with E-state index in [4.69, 9.17) is 11.6 Å². The fourth-order valence-electron chi connectivity index (χ4n) is 1.53. The van der Waals surface area contributed by atoms with Crippen LogP contribution in [-0.4, -0.2) is 17.0 Å². The van der Waals surface area contributed by atoms with Gasteiger partial charge < -0.3 is 0 Å². The van der Waals surface area contributed by atoms with Crippen molar-refractivity contribution >= 4 is 40.1 Å². The lowest BCUT2D eigenvalue weighted by atomic mass is 10.1. The van der Waals surface area contributed by atoms with Crippen LogP contribution in [0.2, 0.25) is 5.02 Å². The first-order valence-electron chi connectivity index (χ1n) is 5.81. The van der Waals surface area contributed by atoms with E-state index in [1.165, 1.54) is 12.3 Å². The van der Waals surface area contributed by atoms with Gasteiger partial charge in [-0.2, -0.15) is 5.10 Å².